The lowest BCUT2D eigenvalue weighted by Gasteiger charge is -2.38. The number of imide groups is 1. The summed E-state index contributed by atoms with van der Waals surface area (Å²) < 4.78 is 5.12. The smallest absolute Gasteiger partial charge is 0.251 e. The summed E-state index contributed by atoms with van der Waals surface area (Å²) in [6.07, 6.45) is 3.98. The molecule has 6 heteroatoms. The molecule has 0 radical (unpaired) electrons. The van der Waals surface area contributed by atoms with Crippen molar-refractivity contribution in [2.24, 2.45) is 0 Å². The van der Waals surface area contributed by atoms with E-state index in [-0.39, 0.29) is 30.9 Å². The Labute approximate surface area is 142 Å². The third-order valence-electron chi connectivity index (χ3n) is 4.99. The number of hydrogen-bond acceptors (Lipinski definition) is 5. The van der Waals surface area contributed by atoms with Crippen LogP contribution in [0.4, 0.5) is 5.69 Å². The van der Waals surface area contributed by atoms with Gasteiger partial charge in [0.1, 0.15) is 5.75 Å². The predicted molar refractivity (Wildman–Crippen MR) is 89.9 cm³/mol. The van der Waals surface area contributed by atoms with Gasteiger partial charge < -0.3 is 9.84 Å². The Balaban J connectivity index is 1.79. The van der Waals surface area contributed by atoms with Gasteiger partial charge in [0.15, 0.2) is 0 Å². The zero-order valence-electron chi connectivity index (χ0n) is 14.0. The second kappa shape index (κ2) is 7.32. The van der Waals surface area contributed by atoms with Crippen LogP contribution in [-0.2, 0) is 9.59 Å². The van der Waals surface area contributed by atoms with Crippen LogP contribution in [0.1, 0.15) is 32.1 Å². The fraction of sp³-hybridized carbons (Fsp3) is 0.556. The SMILES string of the molecule is COc1ccc(N2C(=O)C[C@@H](N3CCCC[C@@H]3CCO)C2=O)cc1. The van der Waals surface area contributed by atoms with Crippen LogP contribution in [0, 0.1) is 0 Å². The van der Waals surface area contributed by atoms with Crippen LogP contribution in [0.5, 0.6) is 5.75 Å². The Morgan fingerprint density at radius 2 is 1.96 bits per heavy atom. The summed E-state index contributed by atoms with van der Waals surface area (Å²) in [4.78, 5) is 28.8. The zero-order chi connectivity index (χ0) is 17.1. The average Bonchev–Trinajstić information content (AvgIpc) is 2.90. The third kappa shape index (κ3) is 3.16. The number of likely N-dealkylation sites (tertiary alicyclic amines) is 1. The Bertz CT molecular complexity index is 600. The molecule has 0 aromatic heterocycles. The molecule has 1 N–H and O–H groups in total. The molecule has 6 nitrogen and oxygen atoms in total. The predicted octanol–water partition coefficient (Wildman–Crippen LogP) is 1.56. The van der Waals surface area contributed by atoms with E-state index >= 15 is 0 Å². The first kappa shape index (κ1) is 16.9. The molecule has 2 aliphatic heterocycles. The van der Waals surface area contributed by atoms with Gasteiger partial charge in [-0.1, -0.05) is 6.42 Å². The number of piperidine rings is 1. The molecule has 2 atom stereocenters. The molecule has 1 aromatic rings. The number of ether oxygens (including phenoxy) is 1. The number of aliphatic hydroxyl groups is 1. The third-order valence-corrected chi connectivity index (χ3v) is 4.99. The fourth-order valence-electron chi connectivity index (χ4n) is 3.77. The molecule has 130 valence electrons. The van der Waals surface area contributed by atoms with E-state index in [1.54, 1.807) is 31.4 Å². The molecule has 24 heavy (non-hydrogen) atoms. The molecule has 0 unspecified atom stereocenters. The van der Waals surface area contributed by atoms with Crippen molar-refractivity contribution in [2.75, 3.05) is 25.2 Å². The van der Waals surface area contributed by atoms with Crippen LogP contribution in [0.2, 0.25) is 0 Å². The minimum atomic E-state index is -0.406. The van der Waals surface area contributed by atoms with E-state index in [1.807, 2.05) is 0 Å². The number of methoxy groups -OCH3 is 1. The van der Waals surface area contributed by atoms with Crippen LogP contribution in [0.3, 0.4) is 0 Å². The molecule has 0 spiro atoms. The van der Waals surface area contributed by atoms with Gasteiger partial charge in [-0.15, -0.1) is 0 Å². The second-order valence-electron chi connectivity index (χ2n) is 6.39. The van der Waals surface area contributed by atoms with E-state index in [4.69, 9.17) is 4.74 Å². The highest BCUT2D eigenvalue weighted by molar-refractivity contribution is 6.22. The van der Waals surface area contributed by atoms with Gasteiger partial charge in [0.25, 0.3) is 5.91 Å². The highest BCUT2D eigenvalue weighted by atomic mass is 16.5. The Morgan fingerprint density at radius 1 is 1.21 bits per heavy atom. The van der Waals surface area contributed by atoms with Crippen molar-refractivity contribution >= 4 is 17.5 Å². The van der Waals surface area contributed by atoms with Gasteiger partial charge in [0.05, 0.1) is 25.3 Å². The number of rotatable bonds is 5. The molecule has 2 fully saturated rings. The molecule has 2 amide bonds. The lowest BCUT2D eigenvalue weighted by molar-refractivity contribution is -0.123. The van der Waals surface area contributed by atoms with Crippen molar-refractivity contribution in [3.63, 3.8) is 0 Å². The summed E-state index contributed by atoms with van der Waals surface area (Å²) in [5, 5.41) is 9.28. The molecular weight excluding hydrogens is 308 g/mol. The average molecular weight is 332 g/mol. The molecule has 1 aromatic carbocycles. The van der Waals surface area contributed by atoms with E-state index < -0.39 is 6.04 Å². The van der Waals surface area contributed by atoms with Crippen LogP contribution >= 0.6 is 0 Å². The van der Waals surface area contributed by atoms with Crippen molar-refractivity contribution < 1.29 is 19.4 Å². The quantitative estimate of drug-likeness (QED) is 0.829. The second-order valence-corrected chi connectivity index (χ2v) is 6.39. The maximum absolute atomic E-state index is 12.9. The number of aliphatic hydroxyl groups excluding tert-OH is 1. The number of benzene rings is 1. The molecule has 0 saturated carbocycles. The highest BCUT2D eigenvalue weighted by Gasteiger charge is 2.44. The summed E-state index contributed by atoms with van der Waals surface area (Å²) in [6.45, 7) is 0.920. The monoisotopic (exact) mass is 332 g/mol. The standard InChI is InChI=1S/C18H24N2O4/c1-24-15-7-5-14(6-8-15)20-17(22)12-16(18(20)23)19-10-3-2-4-13(19)9-11-21/h5-8,13,16,21H,2-4,9-12H2,1H3/t13-,16-/m1/s1. The molecule has 2 aliphatic rings. The molecular formula is C18H24N2O4. The summed E-state index contributed by atoms with van der Waals surface area (Å²) in [6, 6.07) is 6.74. The number of nitrogens with zero attached hydrogens (tertiary/aromatic N) is 2. The number of hydrogen-bond donors (Lipinski definition) is 1. The fourth-order valence-corrected chi connectivity index (χ4v) is 3.77. The van der Waals surface area contributed by atoms with E-state index in [0.29, 0.717) is 17.9 Å². The van der Waals surface area contributed by atoms with Gasteiger partial charge in [0.2, 0.25) is 5.91 Å². The zero-order valence-corrected chi connectivity index (χ0v) is 14.0. The van der Waals surface area contributed by atoms with Crippen molar-refractivity contribution in [2.45, 2.75) is 44.2 Å². The van der Waals surface area contributed by atoms with E-state index in [0.717, 1.165) is 25.8 Å². The van der Waals surface area contributed by atoms with E-state index in [1.165, 1.54) is 4.90 Å². The first-order valence-corrected chi connectivity index (χ1v) is 8.53. The molecule has 3 rings (SSSR count). The van der Waals surface area contributed by atoms with Crippen LogP contribution in [0.25, 0.3) is 0 Å². The molecule has 0 aliphatic carbocycles. The molecule has 2 saturated heterocycles. The van der Waals surface area contributed by atoms with Crippen molar-refractivity contribution in [1.82, 2.24) is 4.90 Å². The maximum Gasteiger partial charge on any atom is 0.251 e. The number of anilines is 1. The largest absolute Gasteiger partial charge is 0.497 e. The highest BCUT2D eigenvalue weighted by Crippen LogP contribution is 2.31. The number of carbonyl (C=O) groups excluding carboxylic acids is 2. The minimum Gasteiger partial charge on any atom is -0.497 e. The van der Waals surface area contributed by atoms with Crippen molar-refractivity contribution in [1.29, 1.82) is 0 Å². The summed E-state index contributed by atoms with van der Waals surface area (Å²) in [5.74, 6) is 0.368. The van der Waals surface area contributed by atoms with Gasteiger partial charge in [-0.3, -0.25) is 14.5 Å². The number of carbonyl (C=O) groups is 2. The molecule has 2 heterocycles. The van der Waals surface area contributed by atoms with Crippen molar-refractivity contribution in [3.8, 4) is 5.75 Å². The van der Waals surface area contributed by atoms with Gasteiger partial charge in [0, 0.05) is 12.6 Å². The lowest BCUT2D eigenvalue weighted by Crippen LogP contribution is -2.50. The van der Waals surface area contributed by atoms with Gasteiger partial charge in [-0.2, -0.15) is 0 Å². The Morgan fingerprint density at radius 3 is 2.62 bits per heavy atom. The first-order chi connectivity index (χ1) is 11.7. The van der Waals surface area contributed by atoms with Crippen LogP contribution in [0.15, 0.2) is 24.3 Å². The summed E-state index contributed by atoms with van der Waals surface area (Å²) in [5.41, 5.74) is 0.587. The van der Waals surface area contributed by atoms with Gasteiger partial charge in [-0.05, 0) is 50.1 Å². The Hall–Kier alpha value is -1.92. The van der Waals surface area contributed by atoms with Crippen LogP contribution in [-0.4, -0.2) is 54.2 Å². The topological polar surface area (TPSA) is 70.1 Å². The normalized spacial score (nSPS) is 25.3. The van der Waals surface area contributed by atoms with E-state index in [2.05, 4.69) is 4.90 Å². The van der Waals surface area contributed by atoms with Gasteiger partial charge >= 0.3 is 0 Å². The molecule has 0 bridgehead atoms. The summed E-state index contributed by atoms with van der Waals surface area (Å²) >= 11 is 0. The van der Waals surface area contributed by atoms with E-state index in [9.17, 15) is 14.7 Å². The summed E-state index contributed by atoms with van der Waals surface area (Å²) in [7, 11) is 1.58. The van der Waals surface area contributed by atoms with Crippen molar-refractivity contribution in [3.05, 3.63) is 24.3 Å². The maximum atomic E-state index is 12.9. The Kier molecular flexibility index (Phi) is 5.16. The van der Waals surface area contributed by atoms with Gasteiger partial charge in [-0.25, -0.2) is 4.90 Å². The van der Waals surface area contributed by atoms with Crippen LogP contribution < -0.4 is 9.64 Å². The first-order valence-electron chi connectivity index (χ1n) is 8.53. The number of amides is 2. The lowest BCUT2D eigenvalue weighted by atomic mass is 9.97. The minimum absolute atomic E-state index is 0.109.